The van der Waals surface area contributed by atoms with Crippen LogP contribution in [0.3, 0.4) is 0 Å². The van der Waals surface area contributed by atoms with Crippen LogP contribution in [-0.2, 0) is 12.0 Å². The number of ketones is 1. The molecule has 202 valence electrons. The van der Waals surface area contributed by atoms with E-state index in [9.17, 15) is 9.90 Å². The summed E-state index contributed by atoms with van der Waals surface area (Å²) < 4.78 is 0. The van der Waals surface area contributed by atoms with Crippen molar-refractivity contribution in [1.29, 1.82) is 0 Å². The molecule has 3 nitrogen and oxygen atoms in total. The SMILES string of the molecule is CCCCCCCCN(CCCCCCCC)Cc1cc(C(=O)c2cccs2)cc(C(C)(C)C)c1O. The van der Waals surface area contributed by atoms with E-state index in [1.807, 2.05) is 29.6 Å². The van der Waals surface area contributed by atoms with Gasteiger partial charge in [-0.15, -0.1) is 11.3 Å². The second-order valence-electron chi connectivity index (χ2n) is 11.4. The number of carbonyl (C=O) groups excluding carboxylic acids is 1. The van der Waals surface area contributed by atoms with Crippen LogP contribution in [0, 0.1) is 0 Å². The molecule has 4 heteroatoms. The van der Waals surface area contributed by atoms with E-state index < -0.39 is 0 Å². The Morgan fingerprint density at radius 1 is 0.861 bits per heavy atom. The summed E-state index contributed by atoms with van der Waals surface area (Å²) in [5.41, 5.74) is 2.20. The van der Waals surface area contributed by atoms with Crippen molar-refractivity contribution < 1.29 is 9.90 Å². The molecule has 0 atom stereocenters. The highest BCUT2D eigenvalue weighted by molar-refractivity contribution is 7.12. The van der Waals surface area contributed by atoms with Gasteiger partial charge < -0.3 is 5.11 Å². The van der Waals surface area contributed by atoms with E-state index in [0.29, 0.717) is 17.9 Å². The van der Waals surface area contributed by atoms with Crippen molar-refractivity contribution in [2.45, 2.75) is 124 Å². The summed E-state index contributed by atoms with van der Waals surface area (Å²) in [4.78, 5) is 16.5. The van der Waals surface area contributed by atoms with Gasteiger partial charge in [0.05, 0.1) is 4.88 Å². The van der Waals surface area contributed by atoms with Gasteiger partial charge in [0.15, 0.2) is 0 Å². The first kappa shape index (κ1) is 30.6. The monoisotopic (exact) mass is 513 g/mol. The first-order chi connectivity index (χ1) is 17.3. The summed E-state index contributed by atoms with van der Waals surface area (Å²) in [5, 5.41) is 13.3. The van der Waals surface area contributed by atoms with Gasteiger partial charge in [0.1, 0.15) is 5.75 Å². The Hall–Kier alpha value is -1.65. The molecule has 0 unspecified atom stereocenters. The maximum atomic E-state index is 13.2. The fraction of sp³-hybridized carbons (Fsp3) is 0.656. The Morgan fingerprint density at radius 2 is 1.42 bits per heavy atom. The van der Waals surface area contributed by atoms with Crippen LogP contribution in [0.15, 0.2) is 29.6 Å². The van der Waals surface area contributed by atoms with Gasteiger partial charge in [-0.05, 0) is 54.9 Å². The van der Waals surface area contributed by atoms with Gasteiger partial charge in [-0.2, -0.15) is 0 Å². The molecule has 1 aromatic heterocycles. The average Bonchev–Trinajstić information content (AvgIpc) is 3.38. The van der Waals surface area contributed by atoms with Crippen molar-refractivity contribution in [2.24, 2.45) is 0 Å². The summed E-state index contributed by atoms with van der Waals surface area (Å²) in [6, 6.07) is 7.67. The smallest absolute Gasteiger partial charge is 0.202 e. The van der Waals surface area contributed by atoms with Crippen LogP contribution >= 0.6 is 11.3 Å². The molecule has 0 fully saturated rings. The second-order valence-corrected chi connectivity index (χ2v) is 12.3. The number of aromatic hydroxyl groups is 1. The number of unbranched alkanes of at least 4 members (excludes halogenated alkanes) is 10. The van der Waals surface area contributed by atoms with Gasteiger partial charge in [0, 0.05) is 23.2 Å². The van der Waals surface area contributed by atoms with Crippen LogP contribution in [-0.4, -0.2) is 28.9 Å². The second kappa shape index (κ2) is 16.2. The molecule has 0 radical (unpaired) electrons. The van der Waals surface area contributed by atoms with Gasteiger partial charge >= 0.3 is 0 Å². The number of thiophene rings is 1. The van der Waals surface area contributed by atoms with Crippen molar-refractivity contribution in [3.63, 3.8) is 0 Å². The molecule has 0 aliphatic rings. The number of hydrogen-bond donors (Lipinski definition) is 1. The van der Waals surface area contributed by atoms with Crippen molar-refractivity contribution in [3.8, 4) is 5.75 Å². The molecule has 2 rings (SSSR count). The number of nitrogens with zero attached hydrogens (tertiary/aromatic N) is 1. The summed E-state index contributed by atoms with van der Waals surface area (Å²) in [7, 11) is 0. The van der Waals surface area contributed by atoms with Gasteiger partial charge in [-0.25, -0.2) is 0 Å². The van der Waals surface area contributed by atoms with Crippen molar-refractivity contribution >= 4 is 17.1 Å². The predicted molar refractivity (Wildman–Crippen MR) is 157 cm³/mol. The number of phenolic OH excluding ortho intramolecular Hbond substituents is 1. The highest BCUT2D eigenvalue weighted by Crippen LogP contribution is 2.36. The number of rotatable bonds is 18. The molecule has 1 heterocycles. The number of benzene rings is 1. The third kappa shape index (κ3) is 10.4. The number of phenols is 1. The Balaban J connectivity index is 2.19. The first-order valence-electron chi connectivity index (χ1n) is 14.4. The van der Waals surface area contributed by atoms with Gasteiger partial charge in [-0.1, -0.05) is 105 Å². The lowest BCUT2D eigenvalue weighted by atomic mass is 9.83. The van der Waals surface area contributed by atoms with E-state index in [4.69, 9.17) is 0 Å². The molecule has 0 saturated carbocycles. The van der Waals surface area contributed by atoms with E-state index in [1.165, 1.54) is 88.4 Å². The predicted octanol–water partition coefficient (Wildman–Crippen LogP) is 9.51. The third-order valence-electron chi connectivity index (χ3n) is 7.05. The number of carbonyl (C=O) groups is 1. The van der Waals surface area contributed by atoms with E-state index in [-0.39, 0.29) is 11.2 Å². The first-order valence-corrected chi connectivity index (χ1v) is 15.3. The molecule has 0 spiro atoms. The zero-order valence-corrected chi connectivity index (χ0v) is 24.5. The van der Waals surface area contributed by atoms with E-state index in [0.717, 1.165) is 29.1 Å². The molecule has 0 aliphatic carbocycles. The fourth-order valence-corrected chi connectivity index (χ4v) is 5.50. The summed E-state index contributed by atoms with van der Waals surface area (Å²) in [6.07, 6.45) is 15.4. The van der Waals surface area contributed by atoms with Gasteiger partial charge in [0.2, 0.25) is 5.78 Å². The van der Waals surface area contributed by atoms with E-state index >= 15 is 0 Å². The average molecular weight is 514 g/mol. The molecule has 1 N–H and O–H groups in total. The van der Waals surface area contributed by atoms with Crippen molar-refractivity contribution in [3.05, 3.63) is 51.2 Å². The molecule has 0 amide bonds. The molecular weight excluding hydrogens is 462 g/mol. The maximum Gasteiger partial charge on any atom is 0.202 e. The van der Waals surface area contributed by atoms with Crippen LogP contribution in [0.2, 0.25) is 0 Å². The highest BCUT2D eigenvalue weighted by atomic mass is 32.1. The molecule has 36 heavy (non-hydrogen) atoms. The molecular formula is C32H51NO2S. The standard InChI is InChI=1S/C32H51NO2S/c1-6-8-10-12-14-16-20-33(21-17-15-13-11-9-7-2)25-27-23-26(31(35)29-19-18-22-36-29)24-28(30(27)34)32(3,4)5/h18-19,22-24,34H,6-17,20-21,25H2,1-5H3. The normalized spacial score (nSPS) is 11.9. The molecule has 2 aromatic rings. The topological polar surface area (TPSA) is 40.5 Å². The minimum atomic E-state index is -0.242. The van der Waals surface area contributed by atoms with Gasteiger partial charge in [-0.3, -0.25) is 9.69 Å². The van der Waals surface area contributed by atoms with E-state index in [2.05, 4.69) is 39.5 Å². The minimum absolute atomic E-state index is 0.0511. The van der Waals surface area contributed by atoms with Crippen LogP contribution < -0.4 is 0 Å². The zero-order chi connectivity index (χ0) is 26.4. The third-order valence-corrected chi connectivity index (χ3v) is 7.92. The lowest BCUT2D eigenvalue weighted by molar-refractivity contribution is 0.104. The highest BCUT2D eigenvalue weighted by Gasteiger charge is 2.24. The molecule has 0 bridgehead atoms. The number of hydrogen-bond acceptors (Lipinski definition) is 4. The Kier molecular flexibility index (Phi) is 13.8. The maximum absolute atomic E-state index is 13.2. The fourth-order valence-electron chi connectivity index (χ4n) is 4.81. The minimum Gasteiger partial charge on any atom is -0.507 e. The zero-order valence-electron chi connectivity index (χ0n) is 23.7. The summed E-state index contributed by atoms with van der Waals surface area (Å²) in [6.45, 7) is 13.6. The molecule has 1 aromatic carbocycles. The Labute approximate surface area is 225 Å². The van der Waals surface area contributed by atoms with E-state index in [1.54, 1.807) is 0 Å². The molecule has 0 aliphatic heterocycles. The summed E-state index contributed by atoms with van der Waals surface area (Å²) >= 11 is 1.48. The Bertz CT molecular complexity index is 866. The Morgan fingerprint density at radius 3 is 1.92 bits per heavy atom. The summed E-state index contributed by atoms with van der Waals surface area (Å²) in [5.74, 6) is 0.413. The quantitative estimate of drug-likeness (QED) is 0.159. The van der Waals surface area contributed by atoms with Gasteiger partial charge in [0.25, 0.3) is 0 Å². The van der Waals surface area contributed by atoms with Crippen LogP contribution in [0.25, 0.3) is 0 Å². The molecule has 0 saturated heterocycles. The van der Waals surface area contributed by atoms with Crippen molar-refractivity contribution in [2.75, 3.05) is 13.1 Å². The van der Waals surface area contributed by atoms with Crippen molar-refractivity contribution in [1.82, 2.24) is 4.90 Å². The van der Waals surface area contributed by atoms with Crippen LogP contribution in [0.5, 0.6) is 5.75 Å². The lowest BCUT2D eigenvalue weighted by Gasteiger charge is -2.27. The van der Waals surface area contributed by atoms with Crippen LogP contribution in [0.1, 0.15) is 138 Å². The lowest BCUT2D eigenvalue weighted by Crippen LogP contribution is -2.26. The largest absolute Gasteiger partial charge is 0.507 e. The van der Waals surface area contributed by atoms with Crippen LogP contribution in [0.4, 0.5) is 0 Å².